The van der Waals surface area contributed by atoms with E-state index < -0.39 is 11.1 Å². The van der Waals surface area contributed by atoms with Crippen LogP contribution in [0.3, 0.4) is 0 Å². The van der Waals surface area contributed by atoms with Crippen molar-refractivity contribution in [3.8, 4) is 6.07 Å². The SMILES string of the molecule is Cc1cc(C2=NCC(c3cc(Cl)c(Cl)c(Cl)c3)(C(C)(C)F)C2)ccc1C#N. The Kier molecular flexibility index (Phi) is 5.29. The largest absolute Gasteiger partial charge is 0.288 e. The summed E-state index contributed by atoms with van der Waals surface area (Å²) in [4.78, 5) is 4.66. The third kappa shape index (κ3) is 3.47. The lowest BCUT2D eigenvalue weighted by molar-refractivity contribution is 0.104. The second kappa shape index (κ2) is 7.09. The Morgan fingerprint density at radius 2 is 1.78 bits per heavy atom. The highest BCUT2D eigenvalue weighted by atomic mass is 35.5. The molecule has 0 radical (unpaired) electrons. The topological polar surface area (TPSA) is 36.1 Å². The van der Waals surface area contributed by atoms with Crippen molar-refractivity contribution in [2.24, 2.45) is 4.99 Å². The quantitative estimate of drug-likeness (QED) is 0.506. The number of aryl methyl sites for hydroxylation is 1. The number of hydrogen-bond acceptors (Lipinski definition) is 2. The highest BCUT2D eigenvalue weighted by molar-refractivity contribution is 6.48. The van der Waals surface area contributed by atoms with Gasteiger partial charge < -0.3 is 0 Å². The maximum Gasteiger partial charge on any atom is 0.117 e. The summed E-state index contributed by atoms with van der Waals surface area (Å²) in [5.74, 6) is 0. The van der Waals surface area contributed by atoms with E-state index in [0.29, 0.717) is 27.6 Å². The summed E-state index contributed by atoms with van der Waals surface area (Å²) in [6.07, 6.45) is 0.399. The maximum absolute atomic E-state index is 15.5. The van der Waals surface area contributed by atoms with E-state index in [2.05, 4.69) is 11.1 Å². The molecule has 0 fully saturated rings. The van der Waals surface area contributed by atoms with Gasteiger partial charge in [0.1, 0.15) is 5.67 Å². The predicted octanol–water partition coefficient (Wildman–Crippen LogP) is 6.71. The van der Waals surface area contributed by atoms with Crippen LogP contribution in [0.4, 0.5) is 4.39 Å². The van der Waals surface area contributed by atoms with Gasteiger partial charge in [0, 0.05) is 12.1 Å². The number of rotatable bonds is 3. The van der Waals surface area contributed by atoms with Gasteiger partial charge in [-0.15, -0.1) is 0 Å². The van der Waals surface area contributed by atoms with Gasteiger partial charge in [-0.1, -0.05) is 40.9 Å². The number of nitriles is 1. The van der Waals surface area contributed by atoms with Crippen LogP contribution in [-0.2, 0) is 5.41 Å². The molecule has 0 bridgehead atoms. The molecule has 2 nitrogen and oxygen atoms in total. The lowest BCUT2D eigenvalue weighted by atomic mass is 9.67. The zero-order chi connectivity index (χ0) is 20.0. The third-order valence-electron chi connectivity index (χ3n) is 5.36. The molecule has 2 aromatic carbocycles. The molecule has 0 amide bonds. The normalized spacial score (nSPS) is 19.7. The van der Waals surface area contributed by atoms with E-state index in [4.69, 9.17) is 40.1 Å². The molecule has 3 rings (SSSR count). The van der Waals surface area contributed by atoms with Crippen molar-refractivity contribution in [2.45, 2.75) is 38.3 Å². The van der Waals surface area contributed by atoms with Crippen LogP contribution >= 0.6 is 34.8 Å². The minimum absolute atomic E-state index is 0.260. The first-order valence-corrected chi connectivity index (χ1v) is 9.61. The van der Waals surface area contributed by atoms with Crippen molar-refractivity contribution in [3.05, 3.63) is 67.7 Å². The molecule has 1 heterocycles. The summed E-state index contributed by atoms with van der Waals surface area (Å²) in [5, 5.41) is 9.98. The summed E-state index contributed by atoms with van der Waals surface area (Å²) in [5.41, 5.74) is 1.39. The fourth-order valence-corrected chi connectivity index (χ4v) is 4.15. The van der Waals surface area contributed by atoms with Gasteiger partial charge in [-0.05, 0) is 61.7 Å². The lowest BCUT2D eigenvalue weighted by Gasteiger charge is -2.38. The first kappa shape index (κ1) is 20.1. The van der Waals surface area contributed by atoms with Gasteiger partial charge in [-0.3, -0.25) is 4.99 Å². The summed E-state index contributed by atoms with van der Waals surface area (Å²) in [7, 11) is 0. The molecule has 140 valence electrons. The van der Waals surface area contributed by atoms with Crippen LogP contribution in [0.15, 0.2) is 35.3 Å². The number of alkyl halides is 1. The highest BCUT2D eigenvalue weighted by Gasteiger charge is 2.51. The van der Waals surface area contributed by atoms with Crippen LogP contribution in [0.25, 0.3) is 0 Å². The van der Waals surface area contributed by atoms with Gasteiger partial charge in [-0.25, -0.2) is 4.39 Å². The molecule has 1 atom stereocenters. The summed E-state index contributed by atoms with van der Waals surface area (Å²) in [6, 6.07) is 11.1. The zero-order valence-corrected chi connectivity index (χ0v) is 17.5. The van der Waals surface area contributed by atoms with Crippen molar-refractivity contribution in [1.29, 1.82) is 5.26 Å². The Labute approximate surface area is 173 Å². The smallest absolute Gasteiger partial charge is 0.117 e. The summed E-state index contributed by atoms with van der Waals surface area (Å²) < 4.78 is 15.5. The standard InChI is InChI=1S/C21H18Cl3FN2/c1-12-6-13(4-5-14(12)10-26)18-9-21(11-27-18,20(2,3)25)15-7-16(22)19(24)17(23)8-15/h4-8H,9,11H2,1-3H3. The van der Waals surface area contributed by atoms with Crippen LogP contribution in [0.5, 0.6) is 0 Å². The van der Waals surface area contributed by atoms with Gasteiger partial charge in [0.15, 0.2) is 0 Å². The van der Waals surface area contributed by atoms with Crippen LogP contribution in [0.2, 0.25) is 15.1 Å². The Morgan fingerprint density at radius 3 is 2.30 bits per heavy atom. The van der Waals surface area contributed by atoms with E-state index >= 15 is 4.39 Å². The molecule has 1 unspecified atom stereocenters. The molecule has 0 N–H and O–H groups in total. The first-order chi connectivity index (χ1) is 12.6. The van der Waals surface area contributed by atoms with Gasteiger partial charge >= 0.3 is 0 Å². The molecule has 1 aliphatic rings. The zero-order valence-electron chi connectivity index (χ0n) is 15.2. The number of hydrogen-bond donors (Lipinski definition) is 0. The van der Waals surface area contributed by atoms with E-state index in [1.165, 1.54) is 0 Å². The summed E-state index contributed by atoms with van der Waals surface area (Å²) in [6.45, 7) is 5.25. The molecule has 0 saturated carbocycles. The average molecular weight is 424 g/mol. The first-order valence-electron chi connectivity index (χ1n) is 8.47. The van der Waals surface area contributed by atoms with Crippen LogP contribution in [0.1, 0.15) is 42.5 Å². The molecular weight excluding hydrogens is 406 g/mol. The van der Waals surface area contributed by atoms with Crippen molar-refractivity contribution >= 4 is 40.5 Å². The number of aliphatic imine (C=N–C) groups is 1. The van der Waals surface area contributed by atoms with E-state index in [9.17, 15) is 0 Å². The Balaban J connectivity index is 2.06. The number of nitrogens with zero attached hydrogens (tertiary/aromatic N) is 2. The van der Waals surface area contributed by atoms with Crippen LogP contribution < -0.4 is 0 Å². The Hall–Kier alpha value is -1.60. The lowest BCUT2D eigenvalue weighted by Crippen LogP contribution is -2.45. The van der Waals surface area contributed by atoms with Gasteiger partial charge in [0.25, 0.3) is 0 Å². The highest BCUT2D eigenvalue weighted by Crippen LogP contribution is 2.48. The monoisotopic (exact) mass is 422 g/mol. The number of halogens is 4. The van der Waals surface area contributed by atoms with E-state index in [1.807, 2.05) is 19.1 Å². The molecule has 0 saturated heterocycles. The van der Waals surface area contributed by atoms with E-state index in [1.54, 1.807) is 32.0 Å². The predicted molar refractivity (Wildman–Crippen MR) is 110 cm³/mol. The minimum atomic E-state index is -1.57. The van der Waals surface area contributed by atoms with Crippen LogP contribution in [0, 0.1) is 18.3 Å². The molecular formula is C21H18Cl3FN2. The molecule has 0 spiro atoms. The van der Waals surface area contributed by atoms with Crippen LogP contribution in [-0.4, -0.2) is 17.9 Å². The molecule has 0 aliphatic carbocycles. The van der Waals surface area contributed by atoms with E-state index in [0.717, 1.165) is 16.8 Å². The second-order valence-corrected chi connectivity index (χ2v) is 8.58. The van der Waals surface area contributed by atoms with Gasteiger partial charge in [0.05, 0.1) is 38.7 Å². The fourth-order valence-electron chi connectivity index (χ4n) is 3.56. The Bertz CT molecular complexity index is 963. The van der Waals surface area contributed by atoms with Gasteiger partial charge in [-0.2, -0.15) is 5.26 Å². The second-order valence-electron chi connectivity index (χ2n) is 7.39. The molecule has 1 aliphatic heterocycles. The van der Waals surface area contributed by atoms with Crippen molar-refractivity contribution in [2.75, 3.05) is 6.54 Å². The van der Waals surface area contributed by atoms with E-state index in [-0.39, 0.29) is 11.6 Å². The average Bonchev–Trinajstić information content (AvgIpc) is 3.06. The number of benzene rings is 2. The molecule has 2 aromatic rings. The molecule has 6 heteroatoms. The fraction of sp³-hybridized carbons (Fsp3) is 0.333. The van der Waals surface area contributed by atoms with Crippen molar-refractivity contribution in [3.63, 3.8) is 0 Å². The van der Waals surface area contributed by atoms with Crippen molar-refractivity contribution < 1.29 is 4.39 Å². The summed E-state index contributed by atoms with van der Waals surface area (Å²) >= 11 is 18.5. The van der Waals surface area contributed by atoms with Gasteiger partial charge in [0.2, 0.25) is 0 Å². The molecule has 27 heavy (non-hydrogen) atoms. The Morgan fingerprint density at radius 1 is 1.15 bits per heavy atom. The maximum atomic E-state index is 15.5. The third-order valence-corrected chi connectivity index (χ3v) is 6.56. The minimum Gasteiger partial charge on any atom is -0.288 e. The van der Waals surface area contributed by atoms with Crippen molar-refractivity contribution in [1.82, 2.24) is 0 Å². The molecule has 0 aromatic heterocycles.